The Labute approximate surface area is 100 Å². The summed E-state index contributed by atoms with van der Waals surface area (Å²) >= 11 is 0. The molecule has 1 N–H and O–H groups in total. The van der Waals surface area contributed by atoms with Crippen molar-refractivity contribution < 1.29 is 0 Å². The minimum absolute atomic E-state index is 0.755. The highest BCUT2D eigenvalue weighted by atomic mass is 14.8. The Morgan fingerprint density at radius 1 is 1.12 bits per heavy atom. The predicted octanol–water partition coefficient (Wildman–Crippen LogP) is 3.40. The molecule has 0 heterocycles. The molecule has 0 radical (unpaired) electrons. The molecule has 0 aromatic heterocycles. The van der Waals surface area contributed by atoms with Crippen molar-refractivity contribution in [2.75, 3.05) is 13.6 Å². The Bertz CT molecular complexity index is 342. The average molecular weight is 219 g/mol. The van der Waals surface area contributed by atoms with Gasteiger partial charge in [-0.3, -0.25) is 0 Å². The van der Waals surface area contributed by atoms with Crippen molar-refractivity contribution in [2.45, 2.75) is 40.5 Å². The molecule has 0 aliphatic heterocycles. The SMILES string of the molecule is CCC(CNC)Cc1ccc(C)c(C)c1C. The maximum Gasteiger partial charge on any atom is -0.00204 e. The first-order valence-corrected chi connectivity index (χ1v) is 6.30. The van der Waals surface area contributed by atoms with E-state index < -0.39 is 0 Å². The Morgan fingerprint density at radius 2 is 1.81 bits per heavy atom. The van der Waals surface area contributed by atoms with E-state index in [1.807, 2.05) is 7.05 Å². The summed E-state index contributed by atoms with van der Waals surface area (Å²) in [6.07, 6.45) is 2.44. The molecule has 0 fully saturated rings. The third-order valence-electron chi connectivity index (χ3n) is 3.75. The summed E-state index contributed by atoms with van der Waals surface area (Å²) in [5.41, 5.74) is 5.86. The van der Waals surface area contributed by atoms with E-state index >= 15 is 0 Å². The van der Waals surface area contributed by atoms with E-state index in [4.69, 9.17) is 0 Å². The molecule has 1 rings (SSSR count). The summed E-state index contributed by atoms with van der Waals surface area (Å²) in [5.74, 6) is 0.755. The molecule has 0 amide bonds. The highest BCUT2D eigenvalue weighted by molar-refractivity contribution is 5.38. The molecule has 0 spiro atoms. The van der Waals surface area contributed by atoms with Crippen molar-refractivity contribution in [3.05, 3.63) is 34.4 Å². The van der Waals surface area contributed by atoms with Crippen molar-refractivity contribution in [1.29, 1.82) is 0 Å². The van der Waals surface area contributed by atoms with Crippen LogP contribution in [0.2, 0.25) is 0 Å². The lowest BCUT2D eigenvalue weighted by Gasteiger charge is -2.17. The molecule has 1 atom stereocenters. The van der Waals surface area contributed by atoms with Crippen LogP contribution in [0.1, 0.15) is 35.6 Å². The second-order valence-electron chi connectivity index (χ2n) is 4.83. The third-order valence-corrected chi connectivity index (χ3v) is 3.75. The molecule has 90 valence electrons. The van der Waals surface area contributed by atoms with Crippen LogP contribution in [0.3, 0.4) is 0 Å². The van der Waals surface area contributed by atoms with E-state index in [0.29, 0.717) is 0 Å². The van der Waals surface area contributed by atoms with E-state index in [0.717, 1.165) is 12.5 Å². The zero-order valence-corrected chi connectivity index (χ0v) is 11.4. The third kappa shape index (κ3) is 3.08. The normalized spacial score (nSPS) is 12.8. The fraction of sp³-hybridized carbons (Fsp3) is 0.600. The highest BCUT2D eigenvalue weighted by Gasteiger charge is 2.10. The summed E-state index contributed by atoms with van der Waals surface area (Å²) < 4.78 is 0. The van der Waals surface area contributed by atoms with E-state index in [-0.39, 0.29) is 0 Å². The van der Waals surface area contributed by atoms with Gasteiger partial charge in [-0.05, 0) is 69.0 Å². The topological polar surface area (TPSA) is 12.0 Å². The standard InChI is InChI=1S/C15H25N/c1-6-14(10-16-5)9-15-8-7-11(2)12(3)13(15)4/h7-8,14,16H,6,9-10H2,1-5H3. The number of benzene rings is 1. The molecular formula is C15H25N. The number of hydrogen-bond donors (Lipinski definition) is 1. The van der Waals surface area contributed by atoms with Crippen LogP contribution in [0.15, 0.2) is 12.1 Å². The monoisotopic (exact) mass is 219 g/mol. The molecule has 0 aliphatic rings. The Morgan fingerprint density at radius 3 is 2.38 bits per heavy atom. The quantitative estimate of drug-likeness (QED) is 0.800. The Kier molecular flexibility index (Phi) is 5.01. The lowest BCUT2D eigenvalue weighted by atomic mass is 9.90. The van der Waals surface area contributed by atoms with Crippen molar-refractivity contribution in [3.8, 4) is 0 Å². The molecule has 0 bridgehead atoms. The van der Waals surface area contributed by atoms with Crippen LogP contribution in [0.25, 0.3) is 0 Å². The summed E-state index contributed by atoms with van der Waals surface area (Å²) in [7, 11) is 2.04. The van der Waals surface area contributed by atoms with E-state index in [1.165, 1.54) is 35.1 Å². The number of aryl methyl sites for hydroxylation is 1. The number of rotatable bonds is 5. The first-order chi connectivity index (χ1) is 7.60. The highest BCUT2D eigenvalue weighted by Crippen LogP contribution is 2.20. The van der Waals surface area contributed by atoms with Gasteiger partial charge in [0.1, 0.15) is 0 Å². The predicted molar refractivity (Wildman–Crippen MR) is 72.1 cm³/mol. The maximum absolute atomic E-state index is 3.28. The molecule has 1 nitrogen and oxygen atoms in total. The first-order valence-electron chi connectivity index (χ1n) is 6.30. The van der Waals surface area contributed by atoms with E-state index in [2.05, 4.69) is 45.1 Å². The zero-order chi connectivity index (χ0) is 12.1. The van der Waals surface area contributed by atoms with Crippen molar-refractivity contribution in [2.24, 2.45) is 5.92 Å². The molecule has 0 saturated heterocycles. The van der Waals surface area contributed by atoms with Gasteiger partial charge in [0.05, 0.1) is 0 Å². The molecule has 1 heteroatoms. The van der Waals surface area contributed by atoms with Gasteiger partial charge in [0, 0.05) is 0 Å². The minimum Gasteiger partial charge on any atom is -0.319 e. The van der Waals surface area contributed by atoms with Gasteiger partial charge < -0.3 is 5.32 Å². The molecule has 0 saturated carbocycles. The summed E-state index contributed by atoms with van der Waals surface area (Å²) in [6, 6.07) is 4.56. The van der Waals surface area contributed by atoms with Crippen LogP contribution < -0.4 is 5.32 Å². The molecule has 1 unspecified atom stereocenters. The van der Waals surface area contributed by atoms with Crippen LogP contribution in [-0.4, -0.2) is 13.6 Å². The van der Waals surface area contributed by atoms with Crippen LogP contribution in [0, 0.1) is 26.7 Å². The van der Waals surface area contributed by atoms with Crippen LogP contribution in [0.5, 0.6) is 0 Å². The van der Waals surface area contributed by atoms with E-state index in [9.17, 15) is 0 Å². The second kappa shape index (κ2) is 6.05. The van der Waals surface area contributed by atoms with Gasteiger partial charge in [-0.25, -0.2) is 0 Å². The smallest absolute Gasteiger partial charge is 0.00204 e. The van der Waals surface area contributed by atoms with Gasteiger partial charge in [0.2, 0.25) is 0 Å². The van der Waals surface area contributed by atoms with Gasteiger partial charge >= 0.3 is 0 Å². The molecule has 1 aromatic rings. The van der Waals surface area contributed by atoms with Crippen molar-refractivity contribution in [3.63, 3.8) is 0 Å². The number of hydrogen-bond acceptors (Lipinski definition) is 1. The van der Waals surface area contributed by atoms with Gasteiger partial charge in [0.15, 0.2) is 0 Å². The second-order valence-corrected chi connectivity index (χ2v) is 4.83. The average Bonchev–Trinajstić information content (AvgIpc) is 2.29. The number of nitrogens with one attached hydrogen (secondary N) is 1. The fourth-order valence-electron chi connectivity index (χ4n) is 2.19. The zero-order valence-electron chi connectivity index (χ0n) is 11.4. The minimum atomic E-state index is 0.755. The van der Waals surface area contributed by atoms with Crippen molar-refractivity contribution in [1.82, 2.24) is 5.32 Å². The van der Waals surface area contributed by atoms with Crippen LogP contribution in [-0.2, 0) is 6.42 Å². The van der Waals surface area contributed by atoms with Gasteiger partial charge in [-0.2, -0.15) is 0 Å². The fourth-order valence-corrected chi connectivity index (χ4v) is 2.19. The lowest BCUT2D eigenvalue weighted by Crippen LogP contribution is -2.20. The molecule has 0 aliphatic carbocycles. The maximum atomic E-state index is 3.28. The first kappa shape index (κ1) is 13.2. The molecular weight excluding hydrogens is 194 g/mol. The molecule has 1 aromatic carbocycles. The molecule has 16 heavy (non-hydrogen) atoms. The van der Waals surface area contributed by atoms with Gasteiger partial charge in [0.25, 0.3) is 0 Å². The van der Waals surface area contributed by atoms with Crippen LogP contribution in [0.4, 0.5) is 0 Å². The van der Waals surface area contributed by atoms with Gasteiger partial charge in [-0.15, -0.1) is 0 Å². The van der Waals surface area contributed by atoms with Crippen LogP contribution >= 0.6 is 0 Å². The lowest BCUT2D eigenvalue weighted by molar-refractivity contribution is 0.480. The summed E-state index contributed by atoms with van der Waals surface area (Å²) in [4.78, 5) is 0. The largest absolute Gasteiger partial charge is 0.319 e. The van der Waals surface area contributed by atoms with Crippen molar-refractivity contribution >= 4 is 0 Å². The van der Waals surface area contributed by atoms with E-state index in [1.54, 1.807) is 0 Å². The van der Waals surface area contributed by atoms with Gasteiger partial charge in [-0.1, -0.05) is 25.5 Å². The Balaban J connectivity index is 2.84. The Hall–Kier alpha value is -0.820. The summed E-state index contributed by atoms with van der Waals surface area (Å²) in [6.45, 7) is 10.1. The summed E-state index contributed by atoms with van der Waals surface area (Å²) in [5, 5.41) is 3.28.